The molecule has 0 amide bonds. The number of aromatic nitrogens is 4. The molecule has 0 radical (unpaired) electrons. The van der Waals surface area contributed by atoms with Gasteiger partial charge in [-0.3, -0.25) is 13.9 Å². The lowest BCUT2D eigenvalue weighted by Crippen LogP contribution is -2.33. The smallest absolute Gasteiger partial charge is 0.282 e. The molecule has 1 aliphatic heterocycles. The fourth-order valence-electron chi connectivity index (χ4n) is 2.36. The zero-order chi connectivity index (χ0) is 15.3. The summed E-state index contributed by atoms with van der Waals surface area (Å²) in [6.45, 7) is -0.446. The molecular weight excluding hydrogens is 353 g/mol. The second-order valence-corrected chi connectivity index (χ2v) is 4.89. The molecule has 0 aromatic carbocycles. The molecular formula is C11H17Cl2N5O5. The molecule has 10 nitrogen and oxygen atoms in total. The van der Waals surface area contributed by atoms with E-state index in [2.05, 4.69) is 9.97 Å². The number of nitrogens with two attached hydrogens (primary N) is 1. The van der Waals surface area contributed by atoms with E-state index < -0.39 is 36.7 Å². The van der Waals surface area contributed by atoms with Crippen molar-refractivity contribution < 1.29 is 20.1 Å². The van der Waals surface area contributed by atoms with Gasteiger partial charge in [0.2, 0.25) is 5.95 Å². The van der Waals surface area contributed by atoms with Crippen molar-refractivity contribution in [2.75, 3.05) is 12.3 Å². The first-order chi connectivity index (χ1) is 9.95. The molecule has 12 heteroatoms. The van der Waals surface area contributed by atoms with E-state index in [0.717, 1.165) is 4.57 Å². The number of nitrogens with zero attached hydrogens (tertiary/aromatic N) is 4. The summed E-state index contributed by atoms with van der Waals surface area (Å²) >= 11 is 0. The summed E-state index contributed by atoms with van der Waals surface area (Å²) in [5.74, 6) is -0.0130. The standard InChI is InChI=1S/C11H15N5O5.2ClH/c1-15-9(20)5-8(14-11(15)12)16(3-13-5)10-7(19)6(18)4(2-17)21-10;;/h3-4,6-7,10,17-19H,2H2,1H3,(H2,12,14);2*1H/t4-,6-,7-,10-;;/m1../s1. The van der Waals surface area contributed by atoms with Gasteiger partial charge in [0.05, 0.1) is 12.9 Å². The largest absolute Gasteiger partial charge is 0.394 e. The number of hydrogen-bond donors (Lipinski definition) is 4. The van der Waals surface area contributed by atoms with Gasteiger partial charge in [-0.05, 0) is 0 Å². The normalized spacial score (nSPS) is 26.8. The zero-order valence-corrected chi connectivity index (χ0v) is 13.6. The number of ether oxygens (including phenoxy) is 1. The molecule has 0 saturated carbocycles. The highest BCUT2D eigenvalue weighted by Crippen LogP contribution is 2.30. The molecule has 1 fully saturated rings. The zero-order valence-electron chi connectivity index (χ0n) is 11.9. The van der Waals surface area contributed by atoms with Gasteiger partial charge in [-0.1, -0.05) is 0 Å². The Hall–Kier alpha value is -1.43. The van der Waals surface area contributed by atoms with E-state index in [1.165, 1.54) is 17.9 Å². The van der Waals surface area contributed by atoms with Gasteiger partial charge in [0.1, 0.15) is 18.3 Å². The number of halogens is 2. The molecule has 1 saturated heterocycles. The van der Waals surface area contributed by atoms with Crippen LogP contribution in [0.15, 0.2) is 11.1 Å². The van der Waals surface area contributed by atoms with Crippen molar-refractivity contribution in [1.29, 1.82) is 0 Å². The van der Waals surface area contributed by atoms with Crippen molar-refractivity contribution in [3.05, 3.63) is 16.7 Å². The Morgan fingerprint density at radius 3 is 2.57 bits per heavy atom. The van der Waals surface area contributed by atoms with Gasteiger partial charge in [0, 0.05) is 7.05 Å². The highest BCUT2D eigenvalue weighted by molar-refractivity contribution is 5.85. The van der Waals surface area contributed by atoms with Gasteiger partial charge < -0.3 is 25.8 Å². The summed E-state index contributed by atoms with van der Waals surface area (Å²) in [5.41, 5.74) is 5.44. The predicted octanol–water partition coefficient (Wildman–Crippen LogP) is -1.83. The minimum Gasteiger partial charge on any atom is -0.394 e. The molecule has 0 spiro atoms. The number of anilines is 1. The third-order valence-corrected chi connectivity index (χ3v) is 3.63. The lowest BCUT2D eigenvalue weighted by atomic mass is 10.1. The van der Waals surface area contributed by atoms with Crippen molar-refractivity contribution in [2.24, 2.45) is 7.05 Å². The van der Waals surface area contributed by atoms with E-state index in [1.807, 2.05) is 0 Å². The van der Waals surface area contributed by atoms with Crippen LogP contribution in [-0.4, -0.2) is 59.3 Å². The maximum Gasteiger partial charge on any atom is 0.282 e. The fraction of sp³-hybridized carbons (Fsp3) is 0.545. The second kappa shape index (κ2) is 6.99. The van der Waals surface area contributed by atoms with Crippen molar-refractivity contribution in [2.45, 2.75) is 24.5 Å². The SMILES string of the molecule is Cl.Cl.Cn1c(N)nc2c(ncn2[C@@H]2O[C@H](CO)[C@@H](O)[C@H]2O)c1=O. The number of hydrogen-bond acceptors (Lipinski definition) is 8. The Kier molecular flexibility index (Phi) is 5.96. The number of aliphatic hydroxyl groups excluding tert-OH is 3. The lowest BCUT2D eigenvalue weighted by molar-refractivity contribution is -0.0511. The quantitative estimate of drug-likeness (QED) is 0.482. The molecule has 0 unspecified atom stereocenters. The number of aliphatic hydroxyl groups is 3. The van der Waals surface area contributed by atoms with Gasteiger partial charge in [0.15, 0.2) is 17.4 Å². The Bertz CT molecular complexity index is 750. The van der Waals surface area contributed by atoms with Gasteiger partial charge in [-0.15, -0.1) is 24.8 Å². The van der Waals surface area contributed by atoms with E-state index in [-0.39, 0.29) is 41.9 Å². The number of rotatable bonds is 2. The van der Waals surface area contributed by atoms with Crippen molar-refractivity contribution in [3.8, 4) is 0 Å². The molecule has 0 bridgehead atoms. The highest BCUT2D eigenvalue weighted by atomic mass is 35.5. The molecule has 3 rings (SSSR count). The van der Waals surface area contributed by atoms with Crippen LogP contribution in [0.25, 0.3) is 11.2 Å². The average molecular weight is 370 g/mol. The Morgan fingerprint density at radius 2 is 2.00 bits per heavy atom. The highest BCUT2D eigenvalue weighted by Gasteiger charge is 2.44. The topological polar surface area (TPSA) is 149 Å². The van der Waals surface area contributed by atoms with Gasteiger partial charge in [-0.25, -0.2) is 4.98 Å². The summed E-state index contributed by atoms with van der Waals surface area (Å²) in [4.78, 5) is 20.0. The monoisotopic (exact) mass is 369 g/mol. The molecule has 2 aromatic heterocycles. The van der Waals surface area contributed by atoms with Crippen LogP contribution in [0.1, 0.15) is 6.23 Å². The van der Waals surface area contributed by atoms with E-state index in [4.69, 9.17) is 15.6 Å². The maximum absolute atomic E-state index is 12.0. The summed E-state index contributed by atoms with van der Waals surface area (Å²) in [7, 11) is 1.47. The molecule has 130 valence electrons. The van der Waals surface area contributed by atoms with Crippen LogP contribution < -0.4 is 11.3 Å². The summed E-state index contributed by atoms with van der Waals surface area (Å²) in [6, 6.07) is 0. The van der Waals surface area contributed by atoms with Gasteiger partial charge in [0.25, 0.3) is 5.56 Å². The summed E-state index contributed by atoms with van der Waals surface area (Å²) in [6.07, 6.45) is -3.20. The third-order valence-electron chi connectivity index (χ3n) is 3.63. The second-order valence-electron chi connectivity index (χ2n) is 4.89. The van der Waals surface area contributed by atoms with E-state index in [9.17, 15) is 15.0 Å². The van der Waals surface area contributed by atoms with Crippen LogP contribution in [0.2, 0.25) is 0 Å². The number of nitrogen functional groups attached to an aromatic ring is 1. The van der Waals surface area contributed by atoms with Crippen molar-refractivity contribution in [1.82, 2.24) is 19.1 Å². The van der Waals surface area contributed by atoms with Crippen LogP contribution in [0.5, 0.6) is 0 Å². The lowest BCUT2D eigenvalue weighted by Gasteiger charge is -2.16. The molecule has 0 aliphatic carbocycles. The molecule has 5 N–H and O–H groups in total. The Labute approximate surface area is 142 Å². The third kappa shape index (κ3) is 2.89. The molecule has 2 aromatic rings. The van der Waals surface area contributed by atoms with E-state index >= 15 is 0 Å². The predicted molar refractivity (Wildman–Crippen MR) is 84.7 cm³/mol. The van der Waals surface area contributed by atoms with Crippen LogP contribution in [0, 0.1) is 0 Å². The van der Waals surface area contributed by atoms with Crippen molar-refractivity contribution >= 4 is 41.9 Å². The first kappa shape index (κ1) is 19.6. The molecule has 1 aliphatic rings. The first-order valence-electron chi connectivity index (χ1n) is 6.27. The van der Waals surface area contributed by atoms with Crippen LogP contribution in [0.4, 0.5) is 5.95 Å². The van der Waals surface area contributed by atoms with Crippen LogP contribution >= 0.6 is 24.8 Å². The fourth-order valence-corrected chi connectivity index (χ4v) is 2.36. The van der Waals surface area contributed by atoms with Crippen LogP contribution in [-0.2, 0) is 11.8 Å². The van der Waals surface area contributed by atoms with Crippen LogP contribution in [0.3, 0.4) is 0 Å². The molecule has 4 atom stereocenters. The Morgan fingerprint density at radius 1 is 1.35 bits per heavy atom. The first-order valence-corrected chi connectivity index (χ1v) is 6.27. The minimum atomic E-state index is -1.29. The molecule has 23 heavy (non-hydrogen) atoms. The average Bonchev–Trinajstić information content (AvgIpc) is 2.99. The van der Waals surface area contributed by atoms with Gasteiger partial charge in [-0.2, -0.15) is 4.98 Å². The van der Waals surface area contributed by atoms with E-state index in [0.29, 0.717) is 0 Å². The van der Waals surface area contributed by atoms with Gasteiger partial charge >= 0.3 is 0 Å². The molecule has 3 heterocycles. The number of fused-ring (bicyclic) bond motifs is 1. The summed E-state index contributed by atoms with van der Waals surface area (Å²) < 4.78 is 7.85. The summed E-state index contributed by atoms with van der Waals surface area (Å²) in [5, 5.41) is 28.9. The van der Waals surface area contributed by atoms with E-state index in [1.54, 1.807) is 0 Å². The minimum absolute atomic E-state index is 0. The number of imidazole rings is 1. The Balaban J connectivity index is 0.00000132. The van der Waals surface area contributed by atoms with Crippen molar-refractivity contribution in [3.63, 3.8) is 0 Å². The maximum atomic E-state index is 12.0.